The summed E-state index contributed by atoms with van der Waals surface area (Å²) in [6.45, 7) is 4.11. The van der Waals surface area contributed by atoms with E-state index >= 15 is 0 Å². The third-order valence-corrected chi connectivity index (χ3v) is 3.73. The van der Waals surface area contributed by atoms with Gasteiger partial charge >= 0.3 is 0 Å². The number of benzene rings is 1. The molecule has 116 valence electrons. The van der Waals surface area contributed by atoms with Gasteiger partial charge in [-0.15, -0.1) is 0 Å². The van der Waals surface area contributed by atoms with Gasteiger partial charge in [-0.2, -0.15) is 12.6 Å². The molecule has 5 heteroatoms. The first-order valence-electron chi connectivity index (χ1n) is 7.18. The van der Waals surface area contributed by atoms with E-state index in [1.165, 1.54) is 0 Å². The summed E-state index contributed by atoms with van der Waals surface area (Å²) < 4.78 is 0. The van der Waals surface area contributed by atoms with Gasteiger partial charge in [-0.25, -0.2) is 0 Å². The summed E-state index contributed by atoms with van der Waals surface area (Å²) in [6.07, 6.45) is 1.15. The van der Waals surface area contributed by atoms with Crippen molar-refractivity contribution in [2.24, 2.45) is 17.6 Å². The molecule has 4 nitrogen and oxygen atoms in total. The van der Waals surface area contributed by atoms with Crippen molar-refractivity contribution in [1.82, 2.24) is 5.32 Å². The van der Waals surface area contributed by atoms with Gasteiger partial charge in [-0.3, -0.25) is 9.59 Å². The predicted octanol–water partition coefficient (Wildman–Crippen LogP) is 1.79. The highest BCUT2D eigenvalue weighted by Crippen LogP contribution is 2.14. The number of nitrogens with one attached hydrogen (secondary N) is 1. The molecule has 0 fully saturated rings. The van der Waals surface area contributed by atoms with Crippen LogP contribution in [0.5, 0.6) is 0 Å². The van der Waals surface area contributed by atoms with Crippen molar-refractivity contribution < 1.29 is 9.59 Å². The summed E-state index contributed by atoms with van der Waals surface area (Å²) in [7, 11) is 0. The minimum Gasteiger partial charge on any atom is -0.368 e. The maximum Gasteiger partial charge on any atom is 0.240 e. The first-order valence-corrected chi connectivity index (χ1v) is 7.81. The van der Waals surface area contributed by atoms with Crippen LogP contribution in [0.3, 0.4) is 0 Å². The summed E-state index contributed by atoms with van der Waals surface area (Å²) in [5, 5.41) is 2.76. The number of thiol groups is 1. The molecule has 1 aromatic rings. The van der Waals surface area contributed by atoms with Crippen LogP contribution >= 0.6 is 12.6 Å². The second-order valence-corrected chi connectivity index (χ2v) is 6.03. The first kappa shape index (κ1) is 17.6. The largest absolute Gasteiger partial charge is 0.368 e. The number of hydrogen-bond acceptors (Lipinski definition) is 3. The fraction of sp³-hybridized carbons (Fsp3) is 0.500. The zero-order chi connectivity index (χ0) is 15.8. The Morgan fingerprint density at radius 3 is 2.33 bits per heavy atom. The molecule has 0 aliphatic rings. The lowest BCUT2D eigenvalue weighted by Crippen LogP contribution is -2.48. The number of carbonyl (C=O) groups is 2. The number of rotatable bonds is 8. The maximum atomic E-state index is 12.2. The Hall–Kier alpha value is -1.49. The molecule has 2 amide bonds. The molecule has 0 aliphatic carbocycles. The van der Waals surface area contributed by atoms with Gasteiger partial charge in [0.25, 0.3) is 0 Å². The van der Waals surface area contributed by atoms with E-state index in [1.54, 1.807) is 0 Å². The van der Waals surface area contributed by atoms with Crippen LogP contribution in [0.2, 0.25) is 0 Å². The smallest absolute Gasteiger partial charge is 0.240 e. The highest BCUT2D eigenvalue weighted by Gasteiger charge is 2.24. The molecular weight excluding hydrogens is 284 g/mol. The third-order valence-electron chi connectivity index (χ3n) is 3.29. The molecular formula is C16H24N2O2S. The number of carbonyl (C=O) groups excluding carboxylic acids is 2. The Bertz CT molecular complexity index is 463. The van der Waals surface area contributed by atoms with Gasteiger partial charge in [0.2, 0.25) is 11.8 Å². The van der Waals surface area contributed by atoms with Gasteiger partial charge < -0.3 is 11.1 Å². The zero-order valence-corrected chi connectivity index (χ0v) is 13.5. The minimum atomic E-state index is -0.686. The van der Waals surface area contributed by atoms with Crippen molar-refractivity contribution in [2.45, 2.75) is 32.7 Å². The van der Waals surface area contributed by atoms with E-state index in [0.717, 1.165) is 12.0 Å². The normalized spacial score (nSPS) is 13.7. The minimum absolute atomic E-state index is 0.154. The molecule has 0 saturated carbocycles. The van der Waals surface area contributed by atoms with Crippen LogP contribution in [0.15, 0.2) is 30.3 Å². The summed E-state index contributed by atoms with van der Waals surface area (Å²) in [5.74, 6) is -0.0194. The van der Waals surface area contributed by atoms with E-state index < -0.39 is 11.9 Å². The van der Waals surface area contributed by atoms with Crippen molar-refractivity contribution in [1.29, 1.82) is 0 Å². The van der Waals surface area contributed by atoms with Gasteiger partial charge in [0.05, 0.1) is 0 Å². The number of amides is 2. The molecule has 21 heavy (non-hydrogen) atoms. The van der Waals surface area contributed by atoms with Gasteiger partial charge in [0, 0.05) is 18.1 Å². The van der Waals surface area contributed by atoms with Crippen LogP contribution in [0.25, 0.3) is 0 Å². The third kappa shape index (κ3) is 6.21. The van der Waals surface area contributed by atoms with Crippen LogP contribution < -0.4 is 11.1 Å². The molecule has 0 saturated heterocycles. The molecule has 1 aromatic carbocycles. The Morgan fingerprint density at radius 2 is 1.86 bits per heavy atom. The molecule has 0 spiro atoms. The Kier molecular flexibility index (Phi) is 7.29. The Balaban J connectivity index is 2.69. The molecule has 1 unspecified atom stereocenters. The monoisotopic (exact) mass is 308 g/mol. The quantitative estimate of drug-likeness (QED) is 0.641. The highest BCUT2D eigenvalue weighted by atomic mass is 32.1. The van der Waals surface area contributed by atoms with Crippen LogP contribution in [0.1, 0.15) is 25.8 Å². The van der Waals surface area contributed by atoms with Crippen molar-refractivity contribution in [2.75, 3.05) is 5.75 Å². The molecule has 0 radical (unpaired) electrons. The van der Waals surface area contributed by atoms with Gasteiger partial charge in [-0.05, 0) is 17.9 Å². The van der Waals surface area contributed by atoms with Crippen LogP contribution in [0, 0.1) is 11.8 Å². The van der Waals surface area contributed by atoms with E-state index in [0.29, 0.717) is 18.1 Å². The van der Waals surface area contributed by atoms with Crippen LogP contribution in [-0.4, -0.2) is 23.6 Å². The van der Waals surface area contributed by atoms with E-state index in [-0.39, 0.29) is 11.8 Å². The van der Waals surface area contributed by atoms with E-state index in [2.05, 4.69) is 31.8 Å². The lowest BCUT2D eigenvalue weighted by atomic mass is 9.97. The molecule has 0 bridgehead atoms. The van der Waals surface area contributed by atoms with Gasteiger partial charge in [-0.1, -0.05) is 44.2 Å². The SMILES string of the molecule is CC(C)CC(CS)C(=O)N[C@@H](Cc1ccccc1)C(N)=O. The molecule has 0 aliphatic heterocycles. The van der Waals surface area contributed by atoms with Crippen molar-refractivity contribution in [3.05, 3.63) is 35.9 Å². The zero-order valence-electron chi connectivity index (χ0n) is 12.6. The topological polar surface area (TPSA) is 72.2 Å². The lowest BCUT2D eigenvalue weighted by Gasteiger charge is -2.21. The summed E-state index contributed by atoms with van der Waals surface area (Å²) in [5.41, 5.74) is 6.37. The van der Waals surface area contributed by atoms with Crippen molar-refractivity contribution in [3.63, 3.8) is 0 Å². The number of hydrogen-bond donors (Lipinski definition) is 3. The van der Waals surface area contributed by atoms with E-state index in [4.69, 9.17) is 5.73 Å². The maximum absolute atomic E-state index is 12.2. The summed E-state index contributed by atoms with van der Waals surface area (Å²) in [6, 6.07) is 8.82. The lowest BCUT2D eigenvalue weighted by molar-refractivity contribution is -0.129. The molecule has 1 rings (SSSR count). The highest BCUT2D eigenvalue weighted by molar-refractivity contribution is 7.80. The number of primary amides is 1. The molecule has 3 N–H and O–H groups in total. The standard InChI is InChI=1S/C16H24N2O2S/c1-11(2)8-13(10-21)16(20)18-14(15(17)19)9-12-6-4-3-5-7-12/h3-7,11,13-14,21H,8-10H2,1-2H3,(H2,17,19)(H,18,20)/t13?,14-/m0/s1. The number of nitrogens with two attached hydrogens (primary N) is 1. The summed E-state index contributed by atoms with van der Waals surface area (Å²) in [4.78, 5) is 23.8. The van der Waals surface area contributed by atoms with Crippen LogP contribution in [0.4, 0.5) is 0 Å². The van der Waals surface area contributed by atoms with E-state index in [9.17, 15) is 9.59 Å². The second-order valence-electron chi connectivity index (χ2n) is 5.66. The molecule has 0 aromatic heterocycles. The second kappa shape index (κ2) is 8.72. The predicted molar refractivity (Wildman–Crippen MR) is 88.1 cm³/mol. The molecule has 0 heterocycles. The first-order chi connectivity index (χ1) is 9.93. The Labute approximate surface area is 131 Å². The fourth-order valence-electron chi connectivity index (χ4n) is 2.20. The Morgan fingerprint density at radius 1 is 1.24 bits per heavy atom. The van der Waals surface area contributed by atoms with Crippen LogP contribution in [-0.2, 0) is 16.0 Å². The van der Waals surface area contributed by atoms with Crippen molar-refractivity contribution in [3.8, 4) is 0 Å². The average Bonchev–Trinajstić information content (AvgIpc) is 2.44. The van der Waals surface area contributed by atoms with Crippen molar-refractivity contribution >= 4 is 24.4 Å². The van der Waals surface area contributed by atoms with E-state index in [1.807, 2.05) is 30.3 Å². The molecule has 2 atom stereocenters. The van der Waals surface area contributed by atoms with Gasteiger partial charge in [0.15, 0.2) is 0 Å². The average molecular weight is 308 g/mol. The fourth-order valence-corrected chi connectivity index (χ4v) is 2.51. The van der Waals surface area contributed by atoms with Gasteiger partial charge in [0.1, 0.15) is 6.04 Å². The summed E-state index contributed by atoms with van der Waals surface area (Å²) >= 11 is 4.23.